The van der Waals surface area contributed by atoms with Crippen molar-refractivity contribution in [3.05, 3.63) is 68.2 Å². The number of rotatable bonds is 2. The summed E-state index contributed by atoms with van der Waals surface area (Å²) in [5, 5.41) is 1.32. The van der Waals surface area contributed by atoms with Gasteiger partial charge < -0.3 is 0 Å². The lowest BCUT2D eigenvalue weighted by atomic mass is 9.94. The Kier molecular flexibility index (Phi) is 4.60. The fourth-order valence-electron chi connectivity index (χ4n) is 2.48. The van der Waals surface area contributed by atoms with Crippen molar-refractivity contribution in [1.82, 2.24) is 0 Å². The molecule has 0 spiro atoms. The van der Waals surface area contributed by atoms with Crippen molar-refractivity contribution < 1.29 is 0 Å². The van der Waals surface area contributed by atoms with Crippen molar-refractivity contribution in [1.29, 1.82) is 0 Å². The maximum absolute atomic E-state index is 6.08. The van der Waals surface area contributed by atoms with E-state index < -0.39 is 0 Å². The Bertz CT molecular complexity index is 577. The zero-order valence-electron chi connectivity index (χ0n) is 11.1. The molecule has 100 valence electrons. The third-order valence-electron chi connectivity index (χ3n) is 3.17. The molecule has 0 aromatic heterocycles. The zero-order valence-corrected chi connectivity index (χ0v) is 14.2. The molecular formula is C16H15BrCl2. The Morgan fingerprint density at radius 1 is 0.842 bits per heavy atom. The lowest BCUT2D eigenvalue weighted by Gasteiger charge is -2.18. The second kappa shape index (κ2) is 5.87. The van der Waals surface area contributed by atoms with Gasteiger partial charge in [-0.15, -0.1) is 0 Å². The van der Waals surface area contributed by atoms with Gasteiger partial charge in [-0.25, -0.2) is 0 Å². The van der Waals surface area contributed by atoms with E-state index >= 15 is 0 Å². The summed E-state index contributed by atoms with van der Waals surface area (Å²) >= 11 is 15.9. The highest BCUT2D eigenvalue weighted by atomic mass is 79.9. The Hall–Kier alpha value is -0.500. The monoisotopic (exact) mass is 356 g/mol. The molecule has 2 aromatic rings. The Morgan fingerprint density at radius 2 is 1.32 bits per heavy atom. The molecule has 0 aliphatic carbocycles. The molecule has 0 saturated heterocycles. The quantitative estimate of drug-likeness (QED) is 0.545. The predicted molar refractivity (Wildman–Crippen MR) is 87.9 cm³/mol. The van der Waals surface area contributed by atoms with Crippen LogP contribution in [0.1, 0.15) is 32.6 Å². The van der Waals surface area contributed by atoms with Gasteiger partial charge in [0.1, 0.15) is 0 Å². The Balaban J connectivity index is 2.52. The van der Waals surface area contributed by atoms with Crippen molar-refractivity contribution in [2.45, 2.75) is 25.6 Å². The number of hydrogen-bond acceptors (Lipinski definition) is 0. The summed E-state index contributed by atoms with van der Waals surface area (Å²) in [5.41, 5.74) is 6.19. The molecule has 0 radical (unpaired) electrons. The molecular weight excluding hydrogens is 343 g/mol. The van der Waals surface area contributed by atoms with Gasteiger partial charge in [-0.3, -0.25) is 0 Å². The molecule has 0 amide bonds. The predicted octanol–water partition coefficient (Wildman–Crippen LogP) is 6.40. The number of benzene rings is 2. The maximum atomic E-state index is 6.08. The van der Waals surface area contributed by atoms with Crippen LogP contribution in [0, 0.1) is 20.8 Å². The minimum Gasteiger partial charge on any atom is -0.0843 e. The van der Waals surface area contributed by atoms with E-state index in [1.165, 1.54) is 22.3 Å². The van der Waals surface area contributed by atoms with Crippen LogP contribution in [0.15, 0.2) is 30.3 Å². The fourth-order valence-corrected chi connectivity index (χ4v) is 4.01. The minimum atomic E-state index is 0.101. The molecule has 0 bridgehead atoms. The van der Waals surface area contributed by atoms with Crippen LogP contribution < -0.4 is 0 Å². The van der Waals surface area contributed by atoms with Crippen LogP contribution in [0.25, 0.3) is 0 Å². The fraction of sp³-hybridized carbons (Fsp3) is 0.250. The third kappa shape index (κ3) is 3.34. The first-order chi connectivity index (χ1) is 8.88. The highest BCUT2D eigenvalue weighted by Crippen LogP contribution is 2.37. The molecule has 0 aliphatic rings. The number of hydrogen-bond donors (Lipinski definition) is 0. The van der Waals surface area contributed by atoms with Crippen molar-refractivity contribution in [2.24, 2.45) is 0 Å². The van der Waals surface area contributed by atoms with Gasteiger partial charge in [0, 0.05) is 10.0 Å². The van der Waals surface area contributed by atoms with E-state index in [1.807, 2.05) is 12.1 Å². The molecule has 1 unspecified atom stereocenters. The van der Waals surface area contributed by atoms with Crippen molar-refractivity contribution in [3.63, 3.8) is 0 Å². The molecule has 19 heavy (non-hydrogen) atoms. The second-order valence-corrected chi connectivity index (χ2v) is 6.67. The van der Waals surface area contributed by atoms with Gasteiger partial charge in [-0.2, -0.15) is 0 Å². The molecule has 2 rings (SSSR count). The molecule has 1 atom stereocenters. The van der Waals surface area contributed by atoms with Crippen LogP contribution >= 0.6 is 39.1 Å². The zero-order chi connectivity index (χ0) is 14.2. The molecule has 0 fully saturated rings. The van der Waals surface area contributed by atoms with Crippen molar-refractivity contribution in [2.75, 3.05) is 0 Å². The molecule has 0 N–H and O–H groups in total. The number of alkyl halides is 1. The second-order valence-electron chi connectivity index (χ2n) is 4.88. The normalized spacial score (nSPS) is 12.5. The van der Waals surface area contributed by atoms with Gasteiger partial charge >= 0.3 is 0 Å². The average molecular weight is 358 g/mol. The lowest BCUT2D eigenvalue weighted by Crippen LogP contribution is -2.00. The maximum Gasteiger partial charge on any atom is 0.0650 e. The molecule has 0 nitrogen and oxygen atoms in total. The highest BCUT2D eigenvalue weighted by molar-refractivity contribution is 9.09. The first-order valence-electron chi connectivity index (χ1n) is 6.06. The summed E-state index contributed by atoms with van der Waals surface area (Å²) in [6.07, 6.45) is 0. The van der Waals surface area contributed by atoms with Crippen molar-refractivity contribution in [3.8, 4) is 0 Å². The summed E-state index contributed by atoms with van der Waals surface area (Å²) < 4.78 is 0. The molecule has 0 aliphatic heterocycles. The van der Waals surface area contributed by atoms with Crippen molar-refractivity contribution >= 4 is 39.1 Å². The summed E-state index contributed by atoms with van der Waals surface area (Å²) in [5.74, 6) is 0. The average Bonchev–Trinajstić information content (AvgIpc) is 2.25. The van der Waals surface area contributed by atoms with Gasteiger partial charge in [0.05, 0.1) is 4.83 Å². The van der Waals surface area contributed by atoms with Crippen LogP contribution in [0.3, 0.4) is 0 Å². The van der Waals surface area contributed by atoms with Crippen LogP contribution in [-0.4, -0.2) is 0 Å². The smallest absolute Gasteiger partial charge is 0.0650 e. The summed E-state index contributed by atoms with van der Waals surface area (Å²) in [6.45, 7) is 6.38. The summed E-state index contributed by atoms with van der Waals surface area (Å²) in [4.78, 5) is 0.101. The van der Waals surface area contributed by atoms with E-state index in [-0.39, 0.29) is 4.83 Å². The Labute approximate surface area is 132 Å². The standard InChI is InChI=1S/C16H15BrCl2/c1-9-4-10(2)15(11(3)5-9)16(17)12-6-13(18)8-14(19)7-12/h4-8,16H,1-3H3. The van der Waals surface area contributed by atoms with E-state index in [0.717, 1.165) is 5.56 Å². The third-order valence-corrected chi connectivity index (χ3v) is 4.59. The first-order valence-corrected chi connectivity index (χ1v) is 7.73. The van der Waals surface area contributed by atoms with Crippen LogP contribution in [-0.2, 0) is 0 Å². The number of aryl methyl sites for hydroxylation is 3. The van der Waals surface area contributed by atoms with Gasteiger partial charge in [0.15, 0.2) is 0 Å². The lowest BCUT2D eigenvalue weighted by molar-refractivity contribution is 1.10. The highest BCUT2D eigenvalue weighted by Gasteiger charge is 2.16. The molecule has 0 saturated carbocycles. The van der Waals surface area contributed by atoms with E-state index in [2.05, 4.69) is 48.8 Å². The topological polar surface area (TPSA) is 0 Å². The van der Waals surface area contributed by atoms with Gasteiger partial charge in [-0.1, -0.05) is 56.8 Å². The van der Waals surface area contributed by atoms with Crippen LogP contribution in [0.5, 0.6) is 0 Å². The minimum absolute atomic E-state index is 0.101. The van der Waals surface area contributed by atoms with E-state index in [9.17, 15) is 0 Å². The largest absolute Gasteiger partial charge is 0.0843 e. The Morgan fingerprint density at radius 3 is 1.79 bits per heavy atom. The van der Waals surface area contributed by atoms with Gasteiger partial charge in [0.25, 0.3) is 0 Å². The SMILES string of the molecule is Cc1cc(C)c(C(Br)c2cc(Cl)cc(Cl)c2)c(C)c1. The molecule has 2 aromatic carbocycles. The first kappa shape index (κ1) is 14.9. The van der Waals surface area contributed by atoms with Gasteiger partial charge in [-0.05, 0) is 61.2 Å². The molecule has 3 heteroatoms. The van der Waals surface area contributed by atoms with E-state index in [1.54, 1.807) is 6.07 Å². The summed E-state index contributed by atoms with van der Waals surface area (Å²) in [6, 6.07) is 10.0. The summed E-state index contributed by atoms with van der Waals surface area (Å²) in [7, 11) is 0. The number of halogens is 3. The van der Waals surface area contributed by atoms with Crippen LogP contribution in [0.2, 0.25) is 10.0 Å². The van der Waals surface area contributed by atoms with Crippen LogP contribution in [0.4, 0.5) is 0 Å². The van der Waals surface area contributed by atoms with E-state index in [4.69, 9.17) is 23.2 Å². The van der Waals surface area contributed by atoms with Gasteiger partial charge in [0.2, 0.25) is 0 Å². The molecule has 0 heterocycles. The van der Waals surface area contributed by atoms with E-state index in [0.29, 0.717) is 10.0 Å².